The van der Waals surface area contributed by atoms with E-state index in [0.717, 1.165) is 16.9 Å². The molecule has 0 amide bonds. The van der Waals surface area contributed by atoms with Gasteiger partial charge in [0, 0.05) is 5.56 Å². The van der Waals surface area contributed by atoms with Gasteiger partial charge in [0.2, 0.25) is 0 Å². The number of hydrogen-bond donors (Lipinski definition) is 0. The lowest BCUT2D eigenvalue weighted by Crippen LogP contribution is -2.02. The minimum absolute atomic E-state index is 0.0572. The zero-order chi connectivity index (χ0) is 12.8. The Morgan fingerprint density at radius 1 is 1.41 bits per heavy atom. The van der Waals surface area contributed by atoms with Crippen LogP contribution in [0, 0.1) is 0 Å². The molecule has 2 heteroatoms. The van der Waals surface area contributed by atoms with Gasteiger partial charge in [0.25, 0.3) is 0 Å². The average molecular weight is 230 g/mol. The molecule has 0 aliphatic heterocycles. The van der Waals surface area contributed by atoms with Crippen LogP contribution in [0.3, 0.4) is 0 Å². The van der Waals surface area contributed by atoms with E-state index in [9.17, 15) is 4.79 Å². The number of hydrogen-bond acceptors (Lipinski definition) is 2. The van der Waals surface area contributed by atoms with E-state index < -0.39 is 0 Å². The van der Waals surface area contributed by atoms with Crippen LogP contribution in [0.5, 0.6) is 5.75 Å². The van der Waals surface area contributed by atoms with Crippen LogP contribution in [0.25, 0.3) is 0 Å². The highest BCUT2D eigenvalue weighted by atomic mass is 16.5. The molecule has 90 valence electrons. The van der Waals surface area contributed by atoms with E-state index in [1.54, 1.807) is 19.1 Å². The van der Waals surface area contributed by atoms with E-state index in [1.165, 1.54) is 0 Å². The van der Waals surface area contributed by atoms with E-state index in [2.05, 4.69) is 13.2 Å². The van der Waals surface area contributed by atoms with Crippen LogP contribution in [0.4, 0.5) is 0 Å². The summed E-state index contributed by atoms with van der Waals surface area (Å²) in [4.78, 5) is 11.3. The van der Waals surface area contributed by atoms with Crippen LogP contribution in [0.15, 0.2) is 43.0 Å². The normalized spacial score (nSPS) is 9.76. The minimum Gasteiger partial charge on any atom is -0.489 e. The molecule has 0 radical (unpaired) electrons. The molecule has 0 atom stereocenters. The Labute approximate surface area is 103 Å². The lowest BCUT2D eigenvalue weighted by molar-refractivity contribution is 0.101. The van der Waals surface area contributed by atoms with Gasteiger partial charge < -0.3 is 4.74 Å². The van der Waals surface area contributed by atoms with Crippen molar-refractivity contribution in [2.24, 2.45) is 0 Å². The Kier molecular flexibility index (Phi) is 4.70. The highest BCUT2D eigenvalue weighted by molar-refractivity contribution is 5.94. The van der Waals surface area contributed by atoms with Gasteiger partial charge in [0.15, 0.2) is 5.78 Å². The van der Waals surface area contributed by atoms with Gasteiger partial charge in [-0.2, -0.15) is 0 Å². The van der Waals surface area contributed by atoms with Crippen molar-refractivity contribution in [2.45, 2.75) is 20.3 Å². The first-order chi connectivity index (χ1) is 8.04. The Balaban J connectivity index is 2.99. The van der Waals surface area contributed by atoms with Gasteiger partial charge >= 0.3 is 0 Å². The molecule has 0 aromatic heterocycles. The standard InChI is InChI=1S/C15H18O2/c1-5-6-14-9-13(12(4)16)7-8-15(14)17-10-11(2)3/h5,7-9H,1-2,6,10H2,3-4H3. The molecule has 1 aromatic carbocycles. The largest absolute Gasteiger partial charge is 0.489 e. The van der Waals surface area contributed by atoms with Gasteiger partial charge in [0.05, 0.1) is 0 Å². The third kappa shape index (κ3) is 3.91. The van der Waals surface area contributed by atoms with E-state index in [-0.39, 0.29) is 5.78 Å². The quantitative estimate of drug-likeness (QED) is 0.551. The number of ketones is 1. The summed E-state index contributed by atoms with van der Waals surface area (Å²) in [5.41, 5.74) is 2.64. The van der Waals surface area contributed by atoms with Crippen LogP contribution in [-0.2, 0) is 6.42 Å². The van der Waals surface area contributed by atoms with E-state index in [4.69, 9.17) is 4.74 Å². The maximum Gasteiger partial charge on any atom is 0.159 e. The first-order valence-electron chi connectivity index (χ1n) is 5.56. The smallest absolute Gasteiger partial charge is 0.159 e. The second kappa shape index (κ2) is 6.04. The van der Waals surface area contributed by atoms with Crippen molar-refractivity contribution in [1.29, 1.82) is 0 Å². The number of carbonyl (C=O) groups excluding carboxylic acids is 1. The van der Waals surface area contributed by atoms with Crippen molar-refractivity contribution in [2.75, 3.05) is 6.61 Å². The summed E-state index contributed by atoms with van der Waals surface area (Å²) in [6, 6.07) is 5.47. The molecule has 1 aromatic rings. The van der Waals surface area contributed by atoms with Crippen molar-refractivity contribution >= 4 is 5.78 Å². The molecular weight excluding hydrogens is 212 g/mol. The number of Topliss-reactive ketones (excluding diaryl/α,β-unsaturated/α-hetero) is 1. The Hall–Kier alpha value is -1.83. The third-order valence-corrected chi connectivity index (χ3v) is 2.31. The lowest BCUT2D eigenvalue weighted by Gasteiger charge is -2.11. The van der Waals surface area contributed by atoms with Crippen molar-refractivity contribution in [1.82, 2.24) is 0 Å². The molecule has 0 unspecified atom stereocenters. The van der Waals surface area contributed by atoms with Crippen LogP contribution in [0.1, 0.15) is 29.8 Å². The molecule has 1 rings (SSSR count). The van der Waals surface area contributed by atoms with Gasteiger partial charge in [-0.3, -0.25) is 4.79 Å². The Morgan fingerprint density at radius 3 is 2.65 bits per heavy atom. The van der Waals surface area contributed by atoms with Crippen LogP contribution in [-0.4, -0.2) is 12.4 Å². The molecule has 0 spiro atoms. The monoisotopic (exact) mass is 230 g/mol. The van der Waals surface area contributed by atoms with Crippen molar-refractivity contribution in [3.8, 4) is 5.75 Å². The maximum absolute atomic E-state index is 11.3. The molecule has 17 heavy (non-hydrogen) atoms. The fourth-order valence-electron chi connectivity index (χ4n) is 1.46. The number of rotatable bonds is 6. The topological polar surface area (TPSA) is 26.3 Å². The molecule has 0 bridgehead atoms. The fourth-order valence-corrected chi connectivity index (χ4v) is 1.46. The van der Waals surface area contributed by atoms with Gasteiger partial charge in [-0.15, -0.1) is 6.58 Å². The van der Waals surface area contributed by atoms with Gasteiger partial charge in [-0.05, 0) is 49.6 Å². The number of benzene rings is 1. The summed E-state index contributed by atoms with van der Waals surface area (Å²) in [6.45, 7) is 11.5. The highest BCUT2D eigenvalue weighted by Gasteiger charge is 2.06. The zero-order valence-electron chi connectivity index (χ0n) is 10.5. The first-order valence-corrected chi connectivity index (χ1v) is 5.56. The summed E-state index contributed by atoms with van der Waals surface area (Å²) < 4.78 is 5.63. The number of ether oxygens (including phenoxy) is 1. The second-order valence-electron chi connectivity index (χ2n) is 4.12. The van der Waals surface area contributed by atoms with Crippen LogP contribution in [0.2, 0.25) is 0 Å². The molecular formula is C15H18O2. The molecule has 0 N–H and O–H groups in total. The summed E-state index contributed by atoms with van der Waals surface area (Å²) in [5, 5.41) is 0. The molecule has 0 saturated carbocycles. The van der Waals surface area contributed by atoms with E-state index >= 15 is 0 Å². The first kappa shape index (κ1) is 13.2. The third-order valence-electron chi connectivity index (χ3n) is 2.31. The second-order valence-corrected chi connectivity index (χ2v) is 4.12. The predicted octanol–water partition coefficient (Wildman–Crippen LogP) is 3.57. The van der Waals surface area contributed by atoms with E-state index in [1.807, 2.05) is 19.1 Å². The molecule has 0 fully saturated rings. The zero-order valence-corrected chi connectivity index (χ0v) is 10.5. The van der Waals surface area contributed by atoms with Gasteiger partial charge in [-0.25, -0.2) is 0 Å². The summed E-state index contributed by atoms with van der Waals surface area (Å²) in [6.07, 6.45) is 2.49. The minimum atomic E-state index is 0.0572. The fraction of sp³-hybridized carbons (Fsp3) is 0.267. The molecule has 0 aliphatic rings. The summed E-state index contributed by atoms with van der Waals surface area (Å²) in [5.74, 6) is 0.847. The molecule has 2 nitrogen and oxygen atoms in total. The lowest BCUT2D eigenvalue weighted by atomic mass is 10.0. The van der Waals surface area contributed by atoms with Crippen LogP contribution < -0.4 is 4.74 Å². The molecule has 0 aliphatic carbocycles. The average Bonchev–Trinajstić information content (AvgIpc) is 2.27. The molecule has 0 saturated heterocycles. The number of carbonyl (C=O) groups is 1. The van der Waals surface area contributed by atoms with Crippen molar-refractivity contribution < 1.29 is 9.53 Å². The highest BCUT2D eigenvalue weighted by Crippen LogP contribution is 2.22. The van der Waals surface area contributed by atoms with Crippen molar-refractivity contribution in [3.05, 3.63) is 54.1 Å². The Morgan fingerprint density at radius 2 is 2.12 bits per heavy atom. The van der Waals surface area contributed by atoms with Crippen LogP contribution >= 0.6 is 0 Å². The Bertz CT molecular complexity index is 444. The van der Waals surface area contributed by atoms with Gasteiger partial charge in [0.1, 0.15) is 12.4 Å². The van der Waals surface area contributed by atoms with E-state index in [0.29, 0.717) is 18.6 Å². The molecule has 0 heterocycles. The summed E-state index contributed by atoms with van der Waals surface area (Å²) in [7, 11) is 0. The summed E-state index contributed by atoms with van der Waals surface area (Å²) >= 11 is 0. The van der Waals surface area contributed by atoms with Gasteiger partial charge in [-0.1, -0.05) is 12.7 Å². The number of allylic oxidation sites excluding steroid dienone is 1. The SMILES string of the molecule is C=CCc1cc(C(C)=O)ccc1OCC(=C)C. The predicted molar refractivity (Wildman–Crippen MR) is 70.7 cm³/mol. The maximum atomic E-state index is 11.3. The van der Waals surface area contributed by atoms with Crippen molar-refractivity contribution in [3.63, 3.8) is 0 Å².